The molecule has 35 heavy (non-hydrogen) atoms. The van der Waals surface area contributed by atoms with Gasteiger partial charge >= 0.3 is 5.97 Å². The number of benzene rings is 2. The number of nitrogens with zero attached hydrogens (tertiary/aromatic N) is 1. The molecule has 0 aromatic heterocycles. The Kier molecular flexibility index (Phi) is 8.84. The lowest BCUT2D eigenvalue weighted by Gasteiger charge is -2.40. The van der Waals surface area contributed by atoms with Gasteiger partial charge in [-0.05, 0) is 43.9 Å². The van der Waals surface area contributed by atoms with Crippen LogP contribution in [0, 0.1) is 5.41 Å². The van der Waals surface area contributed by atoms with Crippen LogP contribution in [-0.4, -0.2) is 70.8 Å². The second-order valence-corrected chi connectivity index (χ2v) is 9.02. The maximum Gasteiger partial charge on any atom is 0.326 e. The number of aliphatic hydroxyl groups excluding tert-OH is 1. The lowest BCUT2D eigenvalue weighted by molar-refractivity contribution is -0.153. The first kappa shape index (κ1) is 26.2. The Hall–Kier alpha value is -3.43. The van der Waals surface area contributed by atoms with E-state index >= 15 is 0 Å². The van der Waals surface area contributed by atoms with Gasteiger partial charge in [-0.15, -0.1) is 0 Å². The van der Waals surface area contributed by atoms with E-state index in [1.54, 1.807) is 6.92 Å². The standard InChI is InChI=1S/C26H35N5O4/c1-18(32)17-31(21(24(34)35)13-8-15-30-25(27)28)23(33)22-26(14-16-29-22,19-9-4-2-5-10-19)20-11-6-3-7-12-20/h2-7,9-12,18,21-22,29,32H,8,13-17H2,1H3,(H,34,35)(H4,27,28,30)/t18?,21-,22+/m0/s1. The van der Waals surface area contributed by atoms with Gasteiger partial charge in [-0.3, -0.25) is 10.2 Å². The molecule has 0 aliphatic carbocycles. The molecule has 3 atom stereocenters. The van der Waals surface area contributed by atoms with E-state index < -0.39 is 29.6 Å². The van der Waals surface area contributed by atoms with Gasteiger partial charge in [-0.2, -0.15) is 0 Å². The number of hydrogen-bond acceptors (Lipinski definition) is 5. The predicted octanol–water partition coefficient (Wildman–Crippen LogP) is 1.26. The highest BCUT2D eigenvalue weighted by atomic mass is 16.4. The minimum Gasteiger partial charge on any atom is -0.480 e. The first-order valence-electron chi connectivity index (χ1n) is 11.9. The zero-order valence-corrected chi connectivity index (χ0v) is 20.0. The minimum atomic E-state index is -1.13. The lowest BCUT2D eigenvalue weighted by atomic mass is 9.68. The van der Waals surface area contributed by atoms with E-state index in [2.05, 4.69) is 10.6 Å². The second kappa shape index (κ2) is 11.8. The molecular formula is C26H35N5O4. The molecule has 0 spiro atoms. The number of carboxylic acid groups (broad SMARTS) is 1. The summed E-state index contributed by atoms with van der Waals surface area (Å²) in [6.07, 6.45) is 0.311. The summed E-state index contributed by atoms with van der Waals surface area (Å²) in [4.78, 5) is 27.7. The largest absolute Gasteiger partial charge is 0.480 e. The minimum absolute atomic E-state index is 0.103. The average molecular weight is 482 g/mol. The molecule has 0 radical (unpaired) electrons. The third kappa shape index (κ3) is 5.98. The average Bonchev–Trinajstić information content (AvgIpc) is 3.29. The fourth-order valence-electron chi connectivity index (χ4n) is 5.04. The summed E-state index contributed by atoms with van der Waals surface area (Å²) in [5.41, 5.74) is 6.58. The first-order chi connectivity index (χ1) is 16.8. The van der Waals surface area contributed by atoms with E-state index in [1.165, 1.54) is 4.90 Å². The Labute approximate surface area is 205 Å². The van der Waals surface area contributed by atoms with E-state index in [0.29, 0.717) is 25.9 Å². The number of nitrogens with two attached hydrogens (primary N) is 1. The highest BCUT2D eigenvalue weighted by Crippen LogP contribution is 2.42. The van der Waals surface area contributed by atoms with Crippen LogP contribution in [0.1, 0.15) is 37.3 Å². The molecule has 1 heterocycles. The summed E-state index contributed by atoms with van der Waals surface area (Å²) in [6.45, 7) is 2.34. The highest BCUT2D eigenvalue weighted by molar-refractivity contribution is 5.89. The lowest BCUT2D eigenvalue weighted by Crippen LogP contribution is -2.58. The highest BCUT2D eigenvalue weighted by Gasteiger charge is 2.51. The molecular weight excluding hydrogens is 446 g/mol. The fourth-order valence-corrected chi connectivity index (χ4v) is 5.04. The smallest absolute Gasteiger partial charge is 0.326 e. The molecule has 7 N–H and O–H groups in total. The van der Waals surface area contributed by atoms with Gasteiger partial charge in [-0.1, -0.05) is 60.7 Å². The molecule has 1 unspecified atom stereocenters. The Morgan fingerprint density at radius 1 is 1.17 bits per heavy atom. The molecule has 1 aliphatic heterocycles. The van der Waals surface area contributed by atoms with Crippen LogP contribution >= 0.6 is 0 Å². The summed E-state index contributed by atoms with van der Waals surface area (Å²) >= 11 is 0. The predicted molar refractivity (Wildman–Crippen MR) is 134 cm³/mol. The number of aliphatic carboxylic acids is 1. The van der Waals surface area contributed by atoms with Crippen LogP contribution in [0.25, 0.3) is 0 Å². The summed E-state index contributed by atoms with van der Waals surface area (Å²) < 4.78 is 0. The van der Waals surface area contributed by atoms with Crippen molar-refractivity contribution in [3.63, 3.8) is 0 Å². The van der Waals surface area contributed by atoms with Crippen LogP contribution in [0.5, 0.6) is 0 Å². The van der Waals surface area contributed by atoms with Gasteiger partial charge in [-0.25, -0.2) is 4.79 Å². The van der Waals surface area contributed by atoms with Gasteiger partial charge in [0.15, 0.2) is 5.96 Å². The van der Waals surface area contributed by atoms with Crippen molar-refractivity contribution < 1.29 is 19.8 Å². The van der Waals surface area contributed by atoms with E-state index in [0.717, 1.165) is 11.1 Å². The van der Waals surface area contributed by atoms with E-state index in [-0.39, 0.29) is 24.8 Å². The third-order valence-electron chi connectivity index (χ3n) is 6.56. The number of carbonyl (C=O) groups is 2. The van der Waals surface area contributed by atoms with Crippen LogP contribution in [0.4, 0.5) is 0 Å². The van der Waals surface area contributed by atoms with Gasteiger partial charge in [0.1, 0.15) is 12.1 Å². The number of carboxylic acids is 1. The van der Waals surface area contributed by atoms with Crippen LogP contribution in [-0.2, 0) is 15.0 Å². The maximum atomic E-state index is 14.1. The van der Waals surface area contributed by atoms with Gasteiger partial charge < -0.3 is 31.5 Å². The number of aliphatic hydroxyl groups is 1. The maximum absolute atomic E-state index is 14.1. The van der Waals surface area contributed by atoms with Crippen molar-refractivity contribution in [2.24, 2.45) is 5.73 Å². The molecule has 0 saturated carbocycles. The van der Waals surface area contributed by atoms with Crippen molar-refractivity contribution in [2.75, 3.05) is 19.6 Å². The molecule has 1 saturated heterocycles. The Morgan fingerprint density at radius 3 is 2.23 bits per heavy atom. The molecule has 0 bridgehead atoms. The number of amides is 1. The molecule has 3 rings (SSSR count). The second-order valence-electron chi connectivity index (χ2n) is 9.02. The van der Waals surface area contributed by atoms with Crippen molar-refractivity contribution in [3.05, 3.63) is 71.8 Å². The van der Waals surface area contributed by atoms with Crippen molar-refractivity contribution in [1.29, 1.82) is 5.41 Å². The topological polar surface area (TPSA) is 152 Å². The van der Waals surface area contributed by atoms with Gasteiger partial charge in [0.05, 0.1) is 6.10 Å². The zero-order chi connectivity index (χ0) is 25.4. The third-order valence-corrected chi connectivity index (χ3v) is 6.56. The molecule has 2 aromatic carbocycles. The van der Waals surface area contributed by atoms with E-state index in [4.69, 9.17) is 11.1 Å². The van der Waals surface area contributed by atoms with Crippen molar-refractivity contribution in [1.82, 2.24) is 15.5 Å². The molecule has 2 aromatic rings. The van der Waals surface area contributed by atoms with Crippen LogP contribution in [0.15, 0.2) is 60.7 Å². The summed E-state index contributed by atoms with van der Waals surface area (Å²) in [6, 6.07) is 17.8. The van der Waals surface area contributed by atoms with Crippen molar-refractivity contribution in [3.8, 4) is 0 Å². The fraction of sp³-hybridized carbons (Fsp3) is 0.423. The summed E-state index contributed by atoms with van der Waals surface area (Å²) in [5, 5.41) is 33.5. The van der Waals surface area contributed by atoms with Crippen LogP contribution < -0.4 is 16.4 Å². The van der Waals surface area contributed by atoms with Gasteiger partial charge in [0.25, 0.3) is 0 Å². The normalized spacial score (nSPS) is 18.4. The Balaban J connectivity index is 2.00. The molecule has 9 nitrogen and oxygen atoms in total. The molecule has 188 valence electrons. The number of nitrogens with one attached hydrogen (secondary N) is 3. The van der Waals surface area contributed by atoms with Crippen LogP contribution in [0.3, 0.4) is 0 Å². The van der Waals surface area contributed by atoms with Gasteiger partial charge in [0.2, 0.25) is 5.91 Å². The number of rotatable bonds is 11. The van der Waals surface area contributed by atoms with Gasteiger partial charge in [0, 0.05) is 18.5 Å². The summed E-state index contributed by atoms with van der Waals surface area (Å²) in [7, 11) is 0. The Bertz CT molecular complexity index is 960. The number of hydrogen-bond donors (Lipinski definition) is 6. The molecule has 9 heteroatoms. The molecule has 1 aliphatic rings. The van der Waals surface area contributed by atoms with E-state index in [1.807, 2.05) is 60.7 Å². The number of carbonyl (C=O) groups excluding carboxylic acids is 1. The molecule has 1 fully saturated rings. The van der Waals surface area contributed by atoms with Crippen LogP contribution in [0.2, 0.25) is 0 Å². The first-order valence-corrected chi connectivity index (χ1v) is 11.9. The number of guanidine groups is 1. The quantitative estimate of drug-likeness (QED) is 0.161. The zero-order valence-electron chi connectivity index (χ0n) is 20.0. The monoisotopic (exact) mass is 481 g/mol. The SMILES string of the molecule is CC(O)CN(C(=O)[C@H]1NCCC1(c1ccccc1)c1ccccc1)[C@@H](CCCNC(=N)N)C(=O)O. The molecule has 1 amide bonds. The van der Waals surface area contributed by atoms with E-state index in [9.17, 15) is 19.8 Å². The van der Waals surface area contributed by atoms with Crippen molar-refractivity contribution in [2.45, 2.75) is 49.8 Å². The summed E-state index contributed by atoms with van der Waals surface area (Å²) in [5.74, 6) is -1.69. The van der Waals surface area contributed by atoms with Crippen molar-refractivity contribution >= 4 is 17.8 Å². The Morgan fingerprint density at radius 2 is 1.74 bits per heavy atom.